The molecule has 8 heavy (non-hydrogen) atoms. The molecule has 0 fully saturated rings. The molecule has 0 aliphatic carbocycles. The lowest BCUT2D eigenvalue weighted by atomic mass is 10.2. The van der Waals surface area contributed by atoms with Crippen molar-refractivity contribution < 1.29 is 4.74 Å². The van der Waals surface area contributed by atoms with E-state index in [0.717, 1.165) is 19.3 Å². The number of unbranched alkanes of at least 4 members (excludes halogenated alkanes) is 1. The monoisotopic (exact) mass is 116 g/mol. The molecular formula is C6H14NO. The number of methoxy groups -OCH3 is 1. The molecule has 0 saturated carbocycles. The fourth-order valence-corrected chi connectivity index (χ4v) is 0.463. The predicted molar refractivity (Wildman–Crippen MR) is 34.2 cm³/mol. The van der Waals surface area contributed by atoms with Crippen LogP contribution < -0.4 is 5.73 Å². The van der Waals surface area contributed by atoms with Gasteiger partial charge in [0.1, 0.15) is 6.23 Å². The highest BCUT2D eigenvalue weighted by atomic mass is 16.5. The van der Waals surface area contributed by atoms with Gasteiger partial charge in [0.15, 0.2) is 0 Å². The van der Waals surface area contributed by atoms with Gasteiger partial charge in [0.25, 0.3) is 0 Å². The van der Waals surface area contributed by atoms with Crippen molar-refractivity contribution in [1.82, 2.24) is 0 Å². The molecule has 0 aliphatic rings. The standard InChI is InChI=1S/C6H14NO/c1-3-4-5-6(7)8-2/h6H,1,3-5,7H2,2H3. The number of ether oxygens (including phenoxy) is 1. The zero-order chi connectivity index (χ0) is 6.41. The molecule has 0 aromatic carbocycles. The first-order valence-electron chi connectivity index (χ1n) is 2.89. The quantitative estimate of drug-likeness (QED) is 0.554. The van der Waals surface area contributed by atoms with Crippen LogP contribution in [0.1, 0.15) is 19.3 Å². The summed E-state index contributed by atoms with van der Waals surface area (Å²) in [6.45, 7) is 3.68. The molecule has 0 bridgehead atoms. The molecule has 0 spiro atoms. The third-order valence-corrected chi connectivity index (χ3v) is 1.04. The smallest absolute Gasteiger partial charge is 0.105 e. The van der Waals surface area contributed by atoms with Crippen molar-refractivity contribution >= 4 is 0 Å². The molecule has 0 aliphatic heterocycles. The van der Waals surface area contributed by atoms with E-state index in [2.05, 4.69) is 6.92 Å². The van der Waals surface area contributed by atoms with E-state index in [-0.39, 0.29) is 6.23 Å². The number of nitrogens with two attached hydrogens (primary N) is 1. The molecule has 0 aromatic rings. The summed E-state index contributed by atoms with van der Waals surface area (Å²) in [4.78, 5) is 0. The van der Waals surface area contributed by atoms with E-state index in [0.29, 0.717) is 0 Å². The zero-order valence-corrected chi connectivity index (χ0v) is 5.39. The minimum absolute atomic E-state index is 0.0863. The zero-order valence-electron chi connectivity index (χ0n) is 5.39. The lowest BCUT2D eigenvalue weighted by Gasteiger charge is -2.06. The average molecular weight is 116 g/mol. The highest BCUT2D eigenvalue weighted by Crippen LogP contribution is 1.96. The Kier molecular flexibility index (Phi) is 5.01. The van der Waals surface area contributed by atoms with Crippen LogP contribution in [0.5, 0.6) is 0 Å². The molecule has 0 amide bonds. The lowest BCUT2D eigenvalue weighted by molar-refractivity contribution is 0.0993. The SMILES string of the molecule is [CH2]CCCC(N)OC. The van der Waals surface area contributed by atoms with Gasteiger partial charge < -0.3 is 10.5 Å². The largest absolute Gasteiger partial charge is 0.367 e. The van der Waals surface area contributed by atoms with Gasteiger partial charge in [0.05, 0.1) is 0 Å². The van der Waals surface area contributed by atoms with Crippen molar-refractivity contribution in [3.8, 4) is 0 Å². The summed E-state index contributed by atoms with van der Waals surface area (Å²) in [7, 11) is 1.62. The van der Waals surface area contributed by atoms with Crippen molar-refractivity contribution in [2.45, 2.75) is 25.5 Å². The van der Waals surface area contributed by atoms with Crippen LogP contribution in [-0.2, 0) is 4.74 Å². The fraction of sp³-hybridized carbons (Fsp3) is 0.833. The normalized spacial score (nSPS) is 13.9. The highest BCUT2D eigenvalue weighted by Gasteiger charge is 1.95. The van der Waals surface area contributed by atoms with E-state index in [4.69, 9.17) is 10.5 Å². The van der Waals surface area contributed by atoms with Crippen LogP contribution in [0.3, 0.4) is 0 Å². The van der Waals surface area contributed by atoms with Gasteiger partial charge in [0.2, 0.25) is 0 Å². The van der Waals surface area contributed by atoms with E-state index in [1.807, 2.05) is 0 Å². The van der Waals surface area contributed by atoms with Crippen molar-refractivity contribution in [2.75, 3.05) is 7.11 Å². The maximum Gasteiger partial charge on any atom is 0.105 e. The third kappa shape index (κ3) is 4.09. The van der Waals surface area contributed by atoms with E-state index in [1.54, 1.807) is 7.11 Å². The second kappa shape index (κ2) is 5.06. The molecule has 0 saturated heterocycles. The fourth-order valence-electron chi connectivity index (χ4n) is 0.463. The first-order valence-corrected chi connectivity index (χ1v) is 2.89. The molecule has 2 nitrogen and oxygen atoms in total. The Hall–Kier alpha value is -0.0800. The summed E-state index contributed by atoms with van der Waals surface area (Å²) in [5.74, 6) is 0. The van der Waals surface area contributed by atoms with Gasteiger partial charge in [-0.1, -0.05) is 13.3 Å². The average Bonchev–Trinajstić information content (AvgIpc) is 1.83. The Labute approximate surface area is 51.0 Å². The lowest BCUT2D eigenvalue weighted by Crippen LogP contribution is -2.21. The number of rotatable bonds is 4. The summed E-state index contributed by atoms with van der Waals surface area (Å²) in [5.41, 5.74) is 5.41. The third-order valence-electron chi connectivity index (χ3n) is 1.04. The Morgan fingerprint density at radius 2 is 2.38 bits per heavy atom. The van der Waals surface area contributed by atoms with Gasteiger partial charge in [-0.2, -0.15) is 0 Å². The molecule has 1 atom stereocenters. The van der Waals surface area contributed by atoms with E-state index in [9.17, 15) is 0 Å². The minimum Gasteiger partial charge on any atom is -0.367 e. The van der Waals surface area contributed by atoms with Crippen LogP contribution >= 0.6 is 0 Å². The second-order valence-electron chi connectivity index (χ2n) is 1.77. The summed E-state index contributed by atoms with van der Waals surface area (Å²) in [5, 5.41) is 0. The van der Waals surface area contributed by atoms with Crippen LogP contribution in [0.15, 0.2) is 0 Å². The van der Waals surface area contributed by atoms with Crippen LogP contribution in [0.25, 0.3) is 0 Å². The van der Waals surface area contributed by atoms with E-state index >= 15 is 0 Å². The van der Waals surface area contributed by atoms with Gasteiger partial charge >= 0.3 is 0 Å². The maximum atomic E-state index is 5.41. The number of hydrogen-bond donors (Lipinski definition) is 1. The van der Waals surface area contributed by atoms with Gasteiger partial charge in [-0.3, -0.25) is 0 Å². The Bertz CT molecular complexity index is 47.8. The summed E-state index contributed by atoms with van der Waals surface area (Å²) in [6, 6.07) is 0. The molecular weight excluding hydrogens is 102 g/mol. The maximum absolute atomic E-state index is 5.41. The van der Waals surface area contributed by atoms with Gasteiger partial charge in [-0.05, 0) is 12.8 Å². The van der Waals surface area contributed by atoms with Gasteiger partial charge in [-0.15, -0.1) is 0 Å². The van der Waals surface area contributed by atoms with Crippen LogP contribution in [0, 0.1) is 6.92 Å². The van der Waals surface area contributed by atoms with Crippen molar-refractivity contribution in [3.63, 3.8) is 0 Å². The van der Waals surface area contributed by atoms with Gasteiger partial charge in [0, 0.05) is 7.11 Å². The molecule has 1 unspecified atom stereocenters. The molecule has 1 radical (unpaired) electrons. The van der Waals surface area contributed by atoms with Crippen molar-refractivity contribution in [1.29, 1.82) is 0 Å². The van der Waals surface area contributed by atoms with Crippen molar-refractivity contribution in [2.24, 2.45) is 5.73 Å². The second-order valence-corrected chi connectivity index (χ2v) is 1.77. The van der Waals surface area contributed by atoms with Crippen molar-refractivity contribution in [3.05, 3.63) is 6.92 Å². The summed E-state index contributed by atoms with van der Waals surface area (Å²) >= 11 is 0. The first-order chi connectivity index (χ1) is 3.81. The van der Waals surface area contributed by atoms with E-state index in [1.165, 1.54) is 0 Å². The molecule has 0 aromatic heterocycles. The molecule has 49 valence electrons. The Balaban J connectivity index is 2.86. The van der Waals surface area contributed by atoms with E-state index < -0.39 is 0 Å². The Morgan fingerprint density at radius 1 is 1.75 bits per heavy atom. The molecule has 2 heteroatoms. The minimum atomic E-state index is -0.0863. The number of hydrogen-bond acceptors (Lipinski definition) is 2. The van der Waals surface area contributed by atoms with Gasteiger partial charge in [-0.25, -0.2) is 0 Å². The predicted octanol–water partition coefficient (Wildman–Crippen LogP) is 0.922. The highest BCUT2D eigenvalue weighted by molar-refractivity contribution is 4.48. The van der Waals surface area contributed by atoms with Crippen LogP contribution in [-0.4, -0.2) is 13.3 Å². The molecule has 0 heterocycles. The molecule has 0 rings (SSSR count). The Morgan fingerprint density at radius 3 is 2.75 bits per heavy atom. The topological polar surface area (TPSA) is 35.2 Å². The summed E-state index contributed by atoms with van der Waals surface area (Å²) in [6.07, 6.45) is 2.82. The summed E-state index contributed by atoms with van der Waals surface area (Å²) < 4.78 is 4.80. The van der Waals surface area contributed by atoms with Crippen LogP contribution in [0.4, 0.5) is 0 Å². The first kappa shape index (κ1) is 7.92. The molecule has 2 N–H and O–H groups in total. The van der Waals surface area contributed by atoms with Crippen LogP contribution in [0.2, 0.25) is 0 Å².